The van der Waals surface area contributed by atoms with Crippen LogP contribution in [0.2, 0.25) is 0 Å². The summed E-state index contributed by atoms with van der Waals surface area (Å²) in [5.74, 6) is 0.165. The monoisotopic (exact) mass is 422 g/mol. The van der Waals surface area contributed by atoms with Crippen LogP contribution in [-0.2, 0) is 0 Å². The number of fused-ring (bicyclic) bond motifs is 1. The second-order valence-corrected chi connectivity index (χ2v) is 7.16. The highest BCUT2D eigenvalue weighted by Crippen LogP contribution is 2.28. The Labute approximate surface area is 177 Å². The van der Waals surface area contributed by atoms with Crippen molar-refractivity contribution >= 4 is 17.2 Å². The number of hydrogen-bond acceptors (Lipinski definition) is 4. The topological polar surface area (TPSA) is 68.5 Å². The second-order valence-electron chi connectivity index (χ2n) is 7.16. The molecular formula is C23H20F2N4O2. The molecule has 0 spiro atoms. The summed E-state index contributed by atoms with van der Waals surface area (Å²) in [7, 11) is 1.54. The average Bonchev–Trinajstić information content (AvgIpc) is 3.19. The Kier molecular flexibility index (Phi) is 5.37. The highest BCUT2D eigenvalue weighted by atomic mass is 19.3. The van der Waals surface area contributed by atoms with Crippen molar-refractivity contribution in [1.82, 2.24) is 14.6 Å². The van der Waals surface area contributed by atoms with Gasteiger partial charge in [0.25, 0.3) is 12.3 Å². The number of carbonyl (C=O) groups is 1. The van der Waals surface area contributed by atoms with Crippen LogP contribution >= 0.6 is 0 Å². The molecule has 8 heteroatoms. The van der Waals surface area contributed by atoms with E-state index in [0.717, 1.165) is 15.6 Å². The molecule has 2 aromatic heterocycles. The third-order valence-corrected chi connectivity index (χ3v) is 4.98. The number of aryl methyl sites for hydroxylation is 2. The van der Waals surface area contributed by atoms with Crippen LogP contribution in [0.15, 0.2) is 54.7 Å². The van der Waals surface area contributed by atoms with Crippen LogP contribution in [0.25, 0.3) is 16.9 Å². The first kappa shape index (κ1) is 20.5. The lowest BCUT2D eigenvalue weighted by Crippen LogP contribution is -2.13. The number of rotatable bonds is 5. The molecule has 1 amide bonds. The molecule has 0 aliphatic rings. The summed E-state index contributed by atoms with van der Waals surface area (Å²) in [5, 5.41) is 6.81. The van der Waals surface area contributed by atoms with Gasteiger partial charge in [-0.1, -0.05) is 17.7 Å². The molecule has 2 aromatic carbocycles. The van der Waals surface area contributed by atoms with Gasteiger partial charge in [0.1, 0.15) is 17.0 Å². The molecule has 4 aromatic rings. The van der Waals surface area contributed by atoms with Crippen LogP contribution in [0.1, 0.15) is 33.6 Å². The van der Waals surface area contributed by atoms with Gasteiger partial charge < -0.3 is 10.1 Å². The zero-order valence-electron chi connectivity index (χ0n) is 17.2. The molecule has 0 saturated carbocycles. The number of benzene rings is 2. The van der Waals surface area contributed by atoms with Gasteiger partial charge in [0.2, 0.25) is 0 Å². The van der Waals surface area contributed by atoms with E-state index >= 15 is 0 Å². The molecule has 158 valence electrons. The van der Waals surface area contributed by atoms with E-state index in [1.807, 2.05) is 26.0 Å². The molecule has 0 atom stereocenters. The van der Waals surface area contributed by atoms with Crippen LogP contribution in [0.3, 0.4) is 0 Å². The summed E-state index contributed by atoms with van der Waals surface area (Å²) < 4.78 is 33.7. The molecule has 0 aliphatic heterocycles. The maximum absolute atomic E-state index is 13.8. The van der Waals surface area contributed by atoms with Gasteiger partial charge in [-0.05, 0) is 55.8 Å². The Morgan fingerprint density at radius 3 is 2.48 bits per heavy atom. The van der Waals surface area contributed by atoms with E-state index < -0.39 is 12.3 Å². The Morgan fingerprint density at radius 1 is 1.10 bits per heavy atom. The van der Waals surface area contributed by atoms with Gasteiger partial charge in [-0.25, -0.2) is 18.3 Å². The van der Waals surface area contributed by atoms with Crippen LogP contribution in [-0.4, -0.2) is 27.6 Å². The SMILES string of the molecule is COc1ccc(-c2cc(C(F)F)n3ncc(C(=O)Nc4ccc(C)cc4C)c3n2)cc1. The second kappa shape index (κ2) is 8.14. The van der Waals surface area contributed by atoms with Crippen molar-refractivity contribution in [1.29, 1.82) is 0 Å². The van der Waals surface area contributed by atoms with Gasteiger partial charge >= 0.3 is 0 Å². The molecule has 4 rings (SSSR count). The number of halogens is 2. The number of alkyl halides is 2. The molecule has 0 saturated heterocycles. The van der Waals surface area contributed by atoms with E-state index in [1.54, 1.807) is 37.4 Å². The maximum Gasteiger partial charge on any atom is 0.280 e. The van der Waals surface area contributed by atoms with Gasteiger partial charge in [0.15, 0.2) is 5.65 Å². The lowest BCUT2D eigenvalue weighted by atomic mass is 10.1. The van der Waals surface area contributed by atoms with E-state index in [4.69, 9.17) is 4.74 Å². The number of methoxy groups -OCH3 is 1. The molecule has 6 nitrogen and oxygen atoms in total. The smallest absolute Gasteiger partial charge is 0.280 e. The third kappa shape index (κ3) is 3.96. The van der Waals surface area contributed by atoms with E-state index in [1.165, 1.54) is 12.3 Å². The molecule has 0 unspecified atom stereocenters. The average molecular weight is 422 g/mol. The Hall–Kier alpha value is -3.81. The molecule has 0 aliphatic carbocycles. The number of amides is 1. The number of anilines is 1. The van der Waals surface area contributed by atoms with Crippen molar-refractivity contribution in [3.8, 4) is 17.0 Å². The predicted octanol–water partition coefficient (Wildman–Crippen LogP) is 5.21. The standard InChI is InChI=1S/C23H20F2N4O2/c1-13-4-9-18(14(2)10-13)28-23(30)17-12-26-29-20(21(24)25)11-19(27-22(17)29)15-5-7-16(31-3)8-6-15/h4-12,21H,1-3H3,(H,28,30). The van der Waals surface area contributed by atoms with Crippen molar-refractivity contribution in [2.75, 3.05) is 12.4 Å². The minimum atomic E-state index is -2.79. The van der Waals surface area contributed by atoms with Gasteiger partial charge in [-0.2, -0.15) is 5.10 Å². The van der Waals surface area contributed by atoms with Crippen molar-refractivity contribution < 1.29 is 18.3 Å². The molecular weight excluding hydrogens is 402 g/mol. The third-order valence-electron chi connectivity index (χ3n) is 4.98. The van der Waals surface area contributed by atoms with Crippen molar-refractivity contribution in [3.05, 3.63) is 77.1 Å². The summed E-state index contributed by atoms with van der Waals surface area (Å²) in [6.07, 6.45) is -1.54. The van der Waals surface area contributed by atoms with Crippen molar-refractivity contribution in [3.63, 3.8) is 0 Å². The molecule has 1 N–H and O–H groups in total. The highest BCUT2D eigenvalue weighted by Gasteiger charge is 2.22. The summed E-state index contributed by atoms with van der Waals surface area (Å²) in [6, 6.07) is 13.8. The molecule has 0 bridgehead atoms. The van der Waals surface area contributed by atoms with Gasteiger partial charge in [-0.3, -0.25) is 4.79 Å². The lowest BCUT2D eigenvalue weighted by Gasteiger charge is -2.10. The van der Waals surface area contributed by atoms with Crippen LogP contribution in [0.4, 0.5) is 14.5 Å². The van der Waals surface area contributed by atoms with E-state index in [2.05, 4.69) is 15.4 Å². The first-order chi connectivity index (χ1) is 14.9. The van der Waals surface area contributed by atoms with Crippen molar-refractivity contribution in [2.24, 2.45) is 0 Å². The summed E-state index contributed by atoms with van der Waals surface area (Å²) in [4.78, 5) is 17.4. The Morgan fingerprint density at radius 2 is 1.84 bits per heavy atom. The predicted molar refractivity (Wildman–Crippen MR) is 114 cm³/mol. The van der Waals surface area contributed by atoms with Crippen LogP contribution in [0, 0.1) is 13.8 Å². The zero-order chi connectivity index (χ0) is 22.1. The number of ether oxygens (including phenoxy) is 1. The molecule has 0 radical (unpaired) electrons. The fraction of sp³-hybridized carbons (Fsp3) is 0.174. The number of nitrogens with one attached hydrogen (secondary N) is 1. The number of nitrogens with zero attached hydrogens (tertiary/aromatic N) is 3. The van der Waals surface area contributed by atoms with Gasteiger partial charge in [0, 0.05) is 11.3 Å². The van der Waals surface area contributed by atoms with Crippen molar-refractivity contribution in [2.45, 2.75) is 20.3 Å². The number of aromatic nitrogens is 3. The lowest BCUT2D eigenvalue weighted by molar-refractivity contribution is 0.102. The van der Waals surface area contributed by atoms with Gasteiger partial charge in [-0.15, -0.1) is 0 Å². The fourth-order valence-electron chi connectivity index (χ4n) is 3.35. The van der Waals surface area contributed by atoms with E-state index in [0.29, 0.717) is 22.7 Å². The van der Waals surface area contributed by atoms with Crippen LogP contribution in [0.5, 0.6) is 5.75 Å². The summed E-state index contributed by atoms with van der Waals surface area (Å²) in [6.45, 7) is 3.84. The zero-order valence-corrected chi connectivity index (χ0v) is 17.2. The largest absolute Gasteiger partial charge is 0.497 e. The molecule has 2 heterocycles. The maximum atomic E-state index is 13.8. The van der Waals surface area contributed by atoms with Crippen LogP contribution < -0.4 is 10.1 Å². The minimum Gasteiger partial charge on any atom is -0.497 e. The first-order valence-corrected chi connectivity index (χ1v) is 9.57. The van der Waals surface area contributed by atoms with E-state index in [9.17, 15) is 13.6 Å². The van der Waals surface area contributed by atoms with Gasteiger partial charge in [0.05, 0.1) is 19.0 Å². The molecule has 0 fully saturated rings. The summed E-state index contributed by atoms with van der Waals surface area (Å²) in [5.41, 5.74) is 3.35. The first-order valence-electron chi connectivity index (χ1n) is 9.57. The highest BCUT2D eigenvalue weighted by molar-refractivity contribution is 6.08. The quantitative estimate of drug-likeness (QED) is 0.479. The minimum absolute atomic E-state index is 0.0610. The Balaban J connectivity index is 1.79. The number of carbonyl (C=O) groups excluding carboxylic acids is 1. The normalized spacial score (nSPS) is 11.2. The number of hydrogen-bond donors (Lipinski definition) is 1. The Bertz CT molecular complexity index is 1270. The summed E-state index contributed by atoms with van der Waals surface area (Å²) >= 11 is 0. The van der Waals surface area contributed by atoms with E-state index in [-0.39, 0.29) is 16.9 Å². The molecule has 31 heavy (non-hydrogen) atoms. The fourth-order valence-corrected chi connectivity index (χ4v) is 3.35.